The molecule has 0 spiro atoms. The Labute approximate surface area is 248 Å². The van der Waals surface area contributed by atoms with E-state index in [1.807, 2.05) is 37.3 Å². The van der Waals surface area contributed by atoms with E-state index in [4.69, 9.17) is 42.9 Å². The zero-order valence-electron chi connectivity index (χ0n) is 22.2. The van der Waals surface area contributed by atoms with Crippen molar-refractivity contribution in [2.24, 2.45) is 0 Å². The van der Waals surface area contributed by atoms with Crippen LogP contribution in [0.25, 0.3) is 43.9 Å². The van der Waals surface area contributed by atoms with Gasteiger partial charge in [-0.2, -0.15) is 0 Å². The van der Waals surface area contributed by atoms with Gasteiger partial charge in [0.15, 0.2) is 11.3 Å². The largest absolute Gasteiger partial charge is 0.465 e. The lowest BCUT2D eigenvalue weighted by molar-refractivity contribution is 0.0600. The highest BCUT2D eigenvalue weighted by Gasteiger charge is 2.30. The molecule has 0 atom stereocenters. The number of para-hydroxylation sites is 2. The number of ether oxygens (including phenoxy) is 1. The van der Waals surface area contributed by atoms with Crippen LogP contribution in [0.4, 0.5) is 0 Å². The fraction of sp³-hybridized carbons (Fsp3) is 0.233. The maximum Gasteiger partial charge on any atom is 0.341 e. The lowest BCUT2D eigenvalue weighted by Gasteiger charge is -2.14. The summed E-state index contributed by atoms with van der Waals surface area (Å²) in [5.74, 6) is 0.0670. The van der Waals surface area contributed by atoms with Crippen molar-refractivity contribution in [1.29, 1.82) is 0 Å². The zero-order valence-corrected chi connectivity index (χ0v) is 24.5. The minimum absolute atomic E-state index is 0.309. The van der Waals surface area contributed by atoms with Gasteiger partial charge in [0.1, 0.15) is 21.7 Å². The molecule has 0 aliphatic heterocycles. The third-order valence-electron chi connectivity index (χ3n) is 7.57. The van der Waals surface area contributed by atoms with E-state index in [2.05, 4.69) is 0 Å². The number of aryl methyl sites for hydroxylation is 2. The number of esters is 1. The van der Waals surface area contributed by atoms with Gasteiger partial charge in [0, 0.05) is 11.3 Å². The minimum Gasteiger partial charge on any atom is -0.465 e. The molecule has 0 N–H and O–H groups in total. The van der Waals surface area contributed by atoms with Crippen LogP contribution in [-0.4, -0.2) is 37.2 Å². The number of halogens is 2. The monoisotopic (exact) mass is 603 g/mol. The van der Waals surface area contributed by atoms with Crippen molar-refractivity contribution < 1.29 is 9.53 Å². The van der Waals surface area contributed by atoms with Crippen molar-refractivity contribution in [3.05, 3.63) is 84.7 Å². The number of methoxy groups -OCH3 is 1. The maximum atomic E-state index is 14.6. The van der Waals surface area contributed by atoms with E-state index in [0.717, 1.165) is 36.1 Å². The average molecular weight is 605 g/mol. The van der Waals surface area contributed by atoms with Crippen molar-refractivity contribution >= 4 is 73.7 Å². The van der Waals surface area contributed by atoms with E-state index >= 15 is 0 Å². The molecule has 0 bridgehead atoms. The zero-order chi connectivity index (χ0) is 28.4. The molecule has 11 heteroatoms. The van der Waals surface area contributed by atoms with Crippen LogP contribution in [0.1, 0.15) is 46.4 Å². The highest BCUT2D eigenvalue weighted by atomic mass is 35.5. The Balaban J connectivity index is 1.64. The Kier molecular flexibility index (Phi) is 6.33. The fourth-order valence-electron chi connectivity index (χ4n) is 5.67. The van der Waals surface area contributed by atoms with Crippen molar-refractivity contribution in [3.63, 3.8) is 0 Å². The van der Waals surface area contributed by atoms with Gasteiger partial charge in [0.25, 0.3) is 5.56 Å². The average Bonchev–Trinajstić information content (AvgIpc) is 3.52. The highest BCUT2D eigenvalue weighted by molar-refractivity contribution is 7.15. The number of benzene rings is 2. The molecular formula is C30H23Cl2N5O3S. The maximum absolute atomic E-state index is 14.6. The van der Waals surface area contributed by atoms with E-state index in [-0.39, 0.29) is 5.56 Å². The molecule has 8 nitrogen and oxygen atoms in total. The third-order valence-corrected chi connectivity index (χ3v) is 9.59. The number of carbonyl (C=O) groups is 1. The molecule has 4 aromatic heterocycles. The summed E-state index contributed by atoms with van der Waals surface area (Å²) in [5, 5.41) is 1.63. The Bertz CT molecular complexity index is 2110. The predicted octanol–water partition coefficient (Wildman–Crippen LogP) is 6.87. The van der Waals surface area contributed by atoms with Crippen molar-refractivity contribution in [1.82, 2.24) is 24.1 Å². The van der Waals surface area contributed by atoms with Crippen molar-refractivity contribution in [2.75, 3.05) is 7.11 Å². The highest BCUT2D eigenvalue weighted by Crippen LogP contribution is 2.38. The molecule has 6 aromatic rings. The molecule has 0 saturated carbocycles. The van der Waals surface area contributed by atoms with E-state index in [1.54, 1.807) is 21.3 Å². The molecule has 4 heterocycles. The van der Waals surface area contributed by atoms with Crippen LogP contribution < -0.4 is 5.56 Å². The van der Waals surface area contributed by atoms with Gasteiger partial charge in [0.05, 0.1) is 39.4 Å². The van der Waals surface area contributed by atoms with E-state index in [0.29, 0.717) is 71.8 Å². The minimum atomic E-state index is -0.447. The Morgan fingerprint density at radius 1 is 0.976 bits per heavy atom. The number of rotatable bonds is 4. The molecule has 0 unspecified atom stereocenters. The summed E-state index contributed by atoms with van der Waals surface area (Å²) in [6, 6.07) is 12.7. The number of thiophene rings is 1. The molecular weight excluding hydrogens is 581 g/mol. The Morgan fingerprint density at radius 2 is 1.73 bits per heavy atom. The van der Waals surface area contributed by atoms with E-state index < -0.39 is 5.97 Å². The summed E-state index contributed by atoms with van der Waals surface area (Å²) in [4.78, 5) is 43.7. The molecule has 0 saturated heterocycles. The second kappa shape index (κ2) is 9.94. The summed E-state index contributed by atoms with van der Waals surface area (Å²) in [6.07, 6.45) is 4.11. The summed E-state index contributed by atoms with van der Waals surface area (Å²) in [6.45, 7) is 1.94. The Hall–Kier alpha value is -3.79. The number of nitrogens with zero attached hydrogens (tertiary/aromatic N) is 5. The smallest absolute Gasteiger partial charge is 0.341 e. The molecule has 7 rings (SSSR count). The Morgan fingerprint density at radius 3 is 2.46 bits per heavy atom. The van der Waals surface area contributed by atoms with Crippen LogP contribution in [0.3, 0.4) is 0 Å². The summed E-state index contributed by atoms with van der Waals surface area (Å²) < 4.78 is 8.59. The molecule has 0 radical (unpaired) electrons. The van der Waals surface area contributed by atoms with Gasteiger partial charge in [-0.25, -0.2) is 19.7 Å². The first-order valence-corrected chi connectivity index (χ1v) is 14.9. The number of hydrogen-bond donors (Lipinski definition) is 0. The van der Waals surface area contributed by atoms with Crippen LogP contribution in [0.5, 0.6) is 0 Å². The first kappa shape index (κ1) is 26.1. The first-order chi connectivity index (χ1) is 19.9. The van der Waals surface area contributed by atoms with Crippen LogP contribution in [0.2, 0.25) is 10.0 Å². The fourth-order valence-corrected chi connectivity index (χ4v) is 7.36. The van der Waals surface area contributed by atoms with Gasteiger partial charge in [-0.05, 0) is 61.6 Å². The van der Waals surface area contributed by atoms with Gasteiger partial charge >= 0.3 is 5.97 Å². The van der Waals surface area contributed by atoms with Crippen LogP contribution in [0.15, 0.2) is 47.3 Å². The van der Waals surface area contributed by atoms with Gasteiger partial charge in [-0.1, -0.05) is 42.3 Å². The first-order valence-electron chi connectivity index (χ1n) is 13.3. The lowest BCUT2D eigenvalue weighted by Crippen LogP contribution is -2.25. The molecule has 0 fully saturated rings. The molecule has 41 heavy (non-hydrogen) atoms. The number of aromatic nitrogens is 5. The van der Waals surface area contributed by atoms with Crippen LogP contribution >= 0.6 is 34.5 Å². The van der Waals surface area contributed by atoms with E-state index in [1.165, 1.54) is 18.4 Å². The topological polar surface area (TPSA) is 91.9 Å². The number of fused-ring (bicyclic) bond motifs is 5. The second-order valence-electron chi connectivity index (χ2n) is 9.92. The molecule has 1 aliphatic carbocycles. The number of hydrogen-bond acceptors (Lipinski definition) is 7. The normalized spacial score (nSPS) is 13.3. The second-order valence-corrected chi connectivity index (χ2v) is 11.8. The summed E-state index contributed by atoms with van der Waals surface area (Å²) in [7, 11) is 1.37. The van der Waals surface area contributed by atoms with Crippen LogP contribution in [0, 0.1) is 0 Å². The molecule has 0 amide bonds. The quantitative estimate of drug-likeness (QED) is 0.204. The lowest BCUT2D eigenvalue weighted by atomic mass is 9.95. The third kappa shape index (κ3) is 3.98. The predicted molar refractivity (Wildman–Crippen MR) is 163 cm³/mol. The van der Waals surface area contributed by atoms with Gasteiger partial charge in [-0.15, -0.1) is 11.3 Å². The van der Waals surface area contributed by atoms with E-state index in [9.17, 15) is 9.59 Å². The van der Waals surface area contributed by atoms with Gasteiger partial charge in [-0.3, -0.25) is 13.9 Å². The van der Waals surface area contributed by atoms with Crippen molar-refractivity contribution in [3.8, 4) is 10.7 Å². The number of carbonyl (C=O) groups excluding carboxylic acids is 1. The summed E-state index contributed by atoms with van der Waals surface area (Å²) in [5.41, 5.74) is 4.39. The summed E-state index contributed by atoms with van der Waals surface area (Å²) >= 11 is 14.1. The molecule has 1 aliphatic rings. The van der Waals surface area contributed by atoms with Gasteiger partial charge < -0.3 is 4.74 Å². The molecule has 206 valence electrons. The standard InChI is InChI=1S/C30H23Cl2N5O3S/c1-3-22-35-26-24(28(38)37(22)29-23(30(39)40-2)16-8-4-7-11-21(16)41-29)25-27(34-20-10-6-5-9-19(20)33-25)36(26)15-12-13-17(31)18(32)14-15/h5-6,9-10,12-14H,3-4,7-8,11H2,1-2H3. The van der Waals surface area contributed by atoms with Crippen LogP contribution in [-0.2, 0) is 24.0 Å². The van der Waals surface area contributed by atoms with Crippen molar-refractivity contribution in [2.45, 2.75) is 39.0 Å². The van der Waals surface area contributed by atoms with Gasteiger partial charge in [0.2, 0.25) is 0 Å². The SMILES string of the molecule is CCc1nc2c(c(=O)n1-c1sc3c(c1C(=O)OC)CCCC3)c1nc3ccccc3nc1n2-c1ccc(Cl)c(Cl)c1. The molecule has 2 aromatic carbocycles.